The number of hydrogen-bond acceptors (Lipinski definition) is 7. The Morgan fingerprint density at radius 1 is 1.00 bits per heavy atom. The molecule has 2 fully saturated rings. The van der Waals surface area contributed by atoms with Crippen LogP contribution in [0.15, 0.2) is 36.5 Å². The summed E-state index contributed by atoms with van der Waals surface area (Å²) in [5.74, 6) is 0.612. The van der Waals surface area contributed by atoms with Crippen LogP contribution in [0, 0.1) is 0 Å². The highest BCUT2D eigenvalue weighted by atomic mass is 16.2. The summed E-state index contributed by atoms with van der Waals surface area (Å²) in [5.41, 5.74) is 1.33. The van der Waals surface area contributed by atoms with Gasteiger partial charge in [0.15, 0.2) is 5.69 Å². The average molecular weight is 379 g/mol. The number of amides is 1. The fraction of sp³-hybridized carbons (Fsp3) is 0.444. The molecule has 0 unspecified atom stereocenters. The number of rotatable bonds is 5. The molecule has 1 aliphatic heterocycles. The van der Waals surface area contributed by atoms with E-state index in [9.17, 15) is 4.79 Å². The number of nitrogens with one attached hydrogen (secondary N) is 1. The Kier molecular flexibility index (Phi) is 4.22. The van der Waals surface area contributed by atoms with Crippen LogP contribution in [0.5, 0.6) is 0 Å². The summed E-state index contributed by atoms with van der Waals surface area (Å²) in [7, 11) is 0. The molecular formula is C18H21N9O. The Morgan fingerprint density at radius 3 is 2.54 bits per heavy atom. The van der Waals surface area contributed by atoms with Crippen LogP contribution in [0.4, 0.5) is 5.95 Å². The summed E-state index contributed by atoms with van der Waals surface area (Å²) in [6.45, 7) is 1.61. The maximum Gasteiger partial charge on any atom is 0.273 e. The lowest BCUT2D eigenvalue weighted by molar-refractivity contribution is 0.0946. The summed E-state index contributed by atoms with van der Waals surface area (Å²) in [4.78, 5) is 14.3. The molecule has 1 aliphatic carbocycles. The van der Waals surface area contributed by atoms with Crippen molar-refractivity contribution in [3.05, 3.63) is 42.2 Å². The number of carbonyl (C=O) groups excluding carboxylic acids is 1. The van der Waals surface area contributed by atoms with Gasteiger partial charge in [-0.2, -0.15) is 4.68 Å². The van der Waals surface area contributed by atoms with Crippen molar-refractivity contribution in [3.8, 4) is 5.69 Å². The van der Waals surface area contributed by atoms with Crippen molar-refractivity contribution < 1.29 is 4.79 Å². The van der Waals surface area contributed by atoms with Crippen LogP contribution in [-0.4, -0.2) is 60.2 Å². The maximum atomic E-state index is 12.1. The molecule has 10 nitrogen and oxygen atoms in total. The molecular weight excluding hydrogens is 358 g/mol. The van der Waals surface area contributed by atoms with Gasteiger partial charge in [-0.25, -0.2) is 4.68 Å². The van der Waals surface area contributed by atoms with E-state index in [1.807, 2.05) is 35.0 Å². The minimum absolute atomic E-state index is 0.131. The zero-order valence-corrected chi connectivity index (χ0v) is 15.3. The Bertz CT molecular complexity index is 954. The number of anilines is 1. The Morgan fingerprint density at radius 2 is 1.79 bits per heavy atom. The first kappa shape index (κ1) is 16.8. The molecule has 2 aliphatic rings. The molecule has 0 bridgehead atoms. The fourth-order valence-electron chi connectivity index (χ4n) is 3.49. The van der Waals surface area contributed by atoms with Gasteiger partial charge in [-0.05, 0) is 48.2 Å². The number of aromatic nitrogens is 7. The van der Waals surface area contributed by atoms with Crippen LogP contribution in [0.1, 0.15) is 42.2 Å². The lowest BCUT2D eigenvalue weighted by Gasteiger charge is -2.31. The highest BCUT2D eigenvalue weighted by molar-refractivity contribution is 5.92. The SMILES string of the molecule is O=C(NC1CC1)c1cn(C2CCN(c3nnnn3-c3ccccc3)CC2)nn1. The fourth-order valence-corrected chi connectivity index (χ4v) is 3.49. The number of benzene rings is 1. The molecule has 1 saturated heterocycles. The molecule has 1 N–H and O–H groups in total. The van der Waals surface area contributed by atoms with Gasteiger partial charge in [0.25, 0.3) is 5.91 Å². The third-order valence-corrected chi connectivity index (χ3v) is 5.23. The van der Waals surface area contributed by atoms with Crippen LogP contribution in [0.3, 0.4) is 0 Å². The molecule has 0 radical (unpaired) electrons. The molecule has 28 heavy (non-hydrogen) atoms. The van der Waals surface area contributed by atoms with Crippen molar-refractivity contribution in [1.29, 1.82) is 0 Å². The van der Waals surface area contributed by atoms with Gasteiger partial charge < -0.3 is 10.2 Å². The molecule has 144 valence electrons. The van der Waals surface area contributed by atoms with Crippen molar-refractivity contribution in [1.82, 2.24) is 40.5 Å². The second-order valence-electron chi connectivity index (χ2n) is 7.28. The number of nitrogens with zero attached hydrogens (tertiary/aromatic N) is 8. The minimum atomic E-state index is -0.131. The van der Waals surface area contributed by atoms with Gasteiger partial charge in [0.05, 0.1) is 17.9 Å². The van der Waals surface area contributed by atoms with Gasteiger partial charge in [0.1, 0.15) is 0 Å². The second-order valence-corrected chi connectivity index (χ2v) is 7.28. The first-order valence-corrected chi connectivity index (χ1v) is 9.59. The van der Waals surface area contributed by atoms with Crippen LogP contribution >= 0.6 is 0 Å². The van der Waals surface area contributed by atoms with Crippen molar-refractivity contribution in [2.45, 2.75) is 37.8 Å². The third kappa shape index (κ3) is 3.32. The molecule has 10 heteroatoms. The smallest absolute Gasteiger partial charge is 0.273 e. The van der Waals surface area contributed by atoms with Crippen LogP contribution in [0.2, 0.25) is 0 Å². The summed E-state index contributed by atoms with van der Waals surface area (Å²) in [6.07, 6.45) is 5.64. The number of para-hydroxylation sites is 1. The van der Waals surface area contributed by atoms with E-state index in [1.54, 1.807) is 10.9 Å². The largest absolute Gasteiger partial charge is 0.348 e. The van der Waals surface area contributed by atoms with E-state index in [4.69, 9.17) is 0 Å². The molecule has 3 heterocycles. The molecule has 1 aromatic carbocycles. The minimum Gasteiger partial charge on any atom is -0.348 e. The predicted molar refractivity (Wildman–Crippen MR) is 100 cm³/mol. The lowest BCUT2D eigenvalue weighted by atomic mass is 10.1. The van der Waals surface area contributed by atoms with E-state index < -0.39 is 0 Å². The van der Waals surface area contributed by atoms with Gasteiger partial charge in [-0.1, -0.05) is 28.5 Å². The maximum absolute atomic E-state index is 12.1. The van der Waals surface area contributed by atoms with Gasteiger partial charge in [-0.3, -0.25) is 4.79 Å². The van der Waals surface area contributed by atoms with Gasteiger partial charge in [-0.15, -0.1) is 5.10 Å². The van der Waals surface area contributed by atoms with E-state index in [2.05, 4.69) is 36.1 Å². The zero-order valence-electron chi connectivity index (χ0n) is 15.3. The normalized spacial score (nSPS) is 17.6. The molecule has 1 amide bonds. The highest BCUT2D eigenvalue weighted by Gasteiger charge is 2.28. The molecule has 1 saturated carbocycles. The summed E-state index contributed by atoms with van der Waals surface area (Å²) in [5, 5.41) is 23.4. The second kappa shape index (κ2) is 7.02. The number of carbonyl (C=O) groups is 1. The summed E-state index contributed by atoms with van der Waals surface area (Å²) < 4.78 is 3.58. The molecule has 5 rings (SSSR count). The standard InChI is InChI=1S/C18H21N9O/c28-17(19-13-6-7-13)16-12-26(23-20-16)14-8-10-25(11-9-14)18-21-22-24-27(18)15-4-2-1-3-5-15/h1-5,12-14H,6-11H2,(H,19,28). The van der Waals surface area contributed by atoms with Crippen LogP contribution in [-0.2, 0) is 0 Å². The lowest BCUT2D eigenvalue weighted by Crippen LogP contribution is -2.36. The van der Waals surface area contributed by atoms with Crippen molar-refractivity contribution in [2.24, 2.45) is 0 Å². The van der Waals surface area contributed by atoms with E-state index in [0.29, 0.717) is 11.7 Å². The van der Waals surface area contributed by atoms with Crippen molar-refractivity contribution in [3.63, 3.8) is 0 Å². The molecule has 0 spiro atoms. The Hall–Kier alpha value is -3.30. The van der Waals surface area contributed by atoms with Crippen molar-refractivity contribution in [2.75, 3.05) is 18.0 Å². The Labute approximate surface area is 161 Å². The number of tetrazole rings is 1. The Balaban J connectivity index is 1.24. The topological polar surface area (TPSA) is 107 Å². The predicted octanol–water partition coefficient (Wildman–Crippen LogP) is 0.987. The van der Waals surface area contributed by atoms with Gasteiger partial charge in [0.2, 0.25) is 5.95 Å². The molecule has 0 atom stereocenters. The first-order valence-electron chi connectivity index (χ1n) is 9.59. The van der Waals surface area contributed by atoms with Gasteiger partial charge >= 0.3 is 0 Å². The van der Waals surface area contributed by atoms with Crippen LogP contribution in [0.25, 0.3) is 5.69 Å². The van der Waals surface area contributed by atoms with E-state index in [-0.39, 0.29) is 11.9 Å². The van der Waals surface area contributed by atoms with E-state index >= 15 is 0 Å². The van der Waals surface area contributed by atoms with Crippen molar-refractivity contribution >= 4 is 11.9 Å². The van der Waals surface area contributed by atoms with E-state index in [0.717, 1.165) is 50.4 Å². The molecule has 3 aromatic rings. The summed E-state index contributed by atoms with van der Waals surface area (Å²) in [6, 6.07) is 10.4. The summed E-state index contributed by atoms with van der Waals surface area (Å²) >= 11 is 0. The number of hydrogen-bond donors (Lipinski definition) is 1. The average Bonchev–Trinajstić information content (AvgIpc) is 3.23. The number of piperidine rings is 1. The quantitative estimate of drug-likeness (QED) is 0.704. The molecule has 2 aromatic heterocycles. The third-order valence-electron chi connectivity index (χ3n) is 5.23. The van der Waals surface area contributed by atoms with E-state index in [1.165, 1.54) is 0 Å². The monoisotopic (exact) mass is 379 g/mol. The van der Waals surface area contributed by atoms with Gasteiger partial charge in [0, 0.05) is 19.1 Å². The first-order chi connectivity index (χ1) is 13.8. The zero-order chi connectivity index (χ0) is 18.9. The highest BCUT2D eigenvalue weighted by Crippen LogP contribution is 2.26. The van der Waals surface area contributed by atoms with Crippen LogP contribution < -0.4 is 10.2 Å².